The van der Waals surface area contributed by atoms with E-state index in [9.17, 15) is 4.79 Å². The highest BCUT2D eigenvalue weighted by Gasteiger charge is 2.30. The van der Waals surface area contributed by atoms with Crippen LogP contribution >= 0.6 is 23.4 Å². The molecule has 2 heterocycles. The zero-order valence-corrected chi connectivity index (χ0v) is 20.6. The number of hydrogen-bond donors (Lipinski definition) is 1. The highest BCUT2D eigenvalue weighted by Crippen LogP contribution is 2.42. The second-order valence-electron chi connectivity index (χ2n) is 8.56. The third kappa shape index (κ3) is 4.17. The maximum absolute atomic E-state index is 12.7. The average Bonchev–Trinajstić information content (AvgIpc) is 3.07. The van der Waals surface area contributed by atoms with Gasteiger partial charge in [-0.2, -0.15) is 0 Å². The molecule has 7 heteroatoms. The quantitative estimate of drug-likeness (QED) is 0.547. The van der Waals surface area contributed by atoms with Crippen molar-refractivity contribution in [1.82, 2.24) is 5.32 Å². The minimum atomic E-state index is -0.182. The number of aliphatic imine (C=N–C) groups is 1. The number of hydrogen-bond acceptors (Lipinski definition) is 5. The molecule has 0 bridgehead atoms. The first kappa shape index (κ1) is 22.5. The van der Waals surface area contributed by atoms with Crippen LogP contribution in [0.15, 0.2) is 46.3 Å². The summed E-state index contributed by atoms with van der Waals surface area (Å²) in [7, 11) is 3.73. The van der Waals surface area contributed by atoms with Crippen LogP contribution in [0.3, 0.4) is 0 Å². The summed E-state index contributed by atoms with van der Waals surface area (Å²) in [6.45, 7) is 8.44. The van der Waals surface area contributed by atoms with Gasteiger partial charge < -0.3 is 15.0 Å². The standard InChI is InChI=1S/C25H26ClN3O2S/c1-14-7-8-17(26)11-19(14)27-24-28-23(30)22(32-24)10-16-9-18-15(2)13-25(3,4)29(5)20(18)12-21(16)31-6/h7-13H,1-6H3,(H,27,28,30)/b22-10+. The number of benzene rings is 2. The van der Waals surface area contributed by atoms with E-state index in [0.717, 1.165) is 33.8 Å². The van der Waals surface area contributed by atoms with Crippen molar-refractivity contribution in [1.29, 1.82) is 0 Å². The van der Waals surface area contributed by atoms with Gasteiger partial charge in [0, 0.05) is 35.0 Å². The summed E-state index contributed by atoms with van der Waals surface area (Å²) >= 11 is 7.41. The first-order valence-electron chi connectivity index (χ1n) is 10.3. The molecule has 2 aromatic carbocycles. The van der Waals surface area contributed by atoms with Crippen LogP contribution in [0.5, 0.6) is 5.75 Å². The van der Waals surface area contributed by atoms with Crippen molar-refractivity contribution in [3.63, 3.8) is 0 Å². The van der Waals surface area contributed by atoms with E-state index in [1.165, 1.54) is 17.3 Å². The summed E-state index contributed by atoms with van der Waals surface area (Å²) in [6, 6.07) is 9.65. The Labute approximate surface area is 198 Å². The lowest BCUT2D eigenvalue weighted by Gasteiger charge is -2.41. The van der Waals surface area contributed by atoms with E-state index in [-0.39, 0.29) is 11.4 Å². The smallest absolute Gasteiger partial charge is 0.264 e. The van der Waals surface area contributed by atoms with Crippen LogP contribution < -0.4 is 15.0 Å². The SMILES string of the molecule is COc1cc2c(cc1/C=C1/SC(=Nc3cc(Cl)ccc3C)NC1=O)C(C)=CC(C)(C)N2C. The number of allylic oxidation sites excluding steroid dienone is 1. The molecule has 32 heavy (non-hydrogen) atoms. The normalized spacial score (nSPS) is 19.8. The Kier molecular flexibility index (Phi) is 5.86. The van der Waals surface area contributed by atoms with E-state index < -0.39 is 0 Å². The summed E-state index contributed by atoms with van der Waals surface area (Å²) < 4.78 is 5.68. The van der Waals surface area contributed by atoms with Gasteiger partial charge in [0.05, 0.1) is 23.2 Å². The molecule has 2 aromatic rings. The van der Waals surface area contributed by atoms with Crippen LogP contribution in [0.2, 0.25) is 5.02 Å². The number of ether oxygens (including phenoxy) is 1. The molecule has 0 radical (unpaired) electrons. The number of carbonyl (C=O) groups excluding carboxylic acids is 1. The van der Waals surface area contributed by atoms with Gasteiger partial charge in [-0.15, -0.1) is 0 Å². The number of carbonyl (C=O) groups is 1. The van der Waals surface area contributed by atoms with Crippen molar-refractivity contribution >= 4 is 57.5 Å². The lowest BCUT2D eigenvalue weighted by molar-refractivity contribution is -0.115. The van der Waals surface area contributed by atoms with Crippen LogP contribution in [0, 0.1) is 6.92 Å². The van der Waals surface area contributed by atoms with Crippen molar-refractivity contribution in [2.45, 2.75) is 33.2 Å². The predicted molar refractivity (Wildman–Crippen MR) is 136 cm³/mol. The largest absolute Gasteiger partial charge is 0.496 e. The Hall–Kier alpha value is -2.70. The van der Waals surface area contributed by atoms with E-state index >= 15 is 0 Å². The zero-order chi connectivity index (χ0) is 23.2. The van der Waals surface area contributed by atoms with Gasteiger partial charge >= 0.3 is 0 Å². The number of amides is 1. The Balaban J connectivity index is 1.71. The molecule has 0 saturated carbocycles. The van der Waals surface area contributed by atoms with Gasteiger partial charge in [-0.05, 0) is 74.9 Å². The fourth-order valence-electron chi connectivity index (χ4n) is 3.92. The van der Waals surface area contributed by atoms with Crippen LogP contribution in [-0.2, 0) is 4.79 Å². The van der Waals surface area contributed by atoms with E-state index in [1.807, 2.05) is 31.2 Å². The summed E-state index contributed by atoms with van der Waals surface area (Å²) in [5, 5.41) is 3.98. The lowest BCUT2D eigenvalue weighted by atomic mass is 9.88. The maximum atomic E-state index is 12.7. The summed E-state index contributed by atoms with van der Waals surface area (Å²) in [5.74, 6) is 0.539. The number of likely N-dealkylation sites (N-methyl/N-ethyl adjacent to an activating group) is 1. The third-order valence-electron chi connectivity index (χ3n) is 5.90. The van der Waals surface area contributed by atoms with E-state index in [2.05, 4.69) is 55.2 Å². The molecule has 0 aliphatic carbocycles. The average molecular weight is 468 g/mol. The lowest BCUT2D eigenvalue weighted by Crippen LogP contribution is -2.42. The topological polar surface area (TPSA) is 53.9 Å². The molecule has 0 atom stereocenters. The monoisotopic (exact) mass is 467 g/mol. The maximum Gasteiger partial charge on any atom is 0.264 e. The molecule has 0 unspecified atom stereocenters. The molecular weight excluding hydrogens is 442 g/mol. The summed E-state index contributed by atoms with van der Waals surface area (Å²) in [4.78, 5) is 20.0. The highest BCUT2D eigenvalue weighted by molar-refractivity contribution is 8.18. The molecule has 0 aromatic heterocycles. The molecule has 1 saturated heterocycles. The van der Waals surface area contributed by atoms with Gasteiger partial charge in [-0.1, -0.05) is 23.7 Å². The highest BCUT2D eigenvalue weighted by atomic mass is 35.5. The number of aryl methyl sites for hydroxylation is 1. The Morgan fingerprint density at radius 2 is 1.97 bits per heavy atom. The Morgan fingerprint density at radius 3 is 2.69 bits per heavy atom. The number of rotatable bonds is 3. The molecule has 5 nitrogen and oxygen atoms in total. The fourth-order valence-corrected chi connectivity index (χ4v) is 4.91. The summed E-state index contributed by atoms with van der Waals surface area (Å²) in [6.07, 6.45) is 4.12. The number of methoxy groups -OCH3 is 1. The molecule has 1 amide bonds. The first-order valence-corrected chi connectivity index (χ1v) is 11.5. The van der Waals surface area contributed by atoms with Gasteiger partial charge in [0.15, 0.2) is 5.17 Å². The first-order chi connectivity index (χ1) is 15.1. The van der Waals surface area contributed by atoms with Crippen LogP contribution in [0.25, 0.3) is 11.6 Å². The minimum Gasteiger partial charge on any atom is -0.496 e. The van der Waals surface area contributed by atoms with Crippen molar-refractivity contribution in [2.24, 2.45) is 4.99 Å². The van der Waals surface area contributed by atoms with Gasteiger partial charge in [-0.25, -0.2) is 4.99 Å². The molecule has 2 aliphatic heterocycles. The van der Waals surface area contributed by atoms with Crippen molar-refractivity contribution in [3.05, 3.63) is 63.0 Å². The number of amidine groups is 1. The van der Waals surface area contributed by atoms with E-state index in [1.54, 1.807) is 13.2 Å². The number of anilines is 1. The van der Waals surface area contributed by atoms with Crippen LogP contribution in [0.4, 0.5) is 11.4 Å². The number of fused-ring (bicyclic) bond motifs is 1. The van der Waals surface area contributed by atoms with Crippen LogP contribution in [-0.4, -0.2) is 30.8 Å². The molecule has 1 N–H and O–H groups in total. The molecule has 0 spiro atoms. The second-order valence-corrected chi connectivity index (χ2v) is 10.0. The second kappa shape index (κ2) is 8.34. The Bertz CT molecular complexity index is 1210. The van der Waals surface area contributed by atoms with Gasteiger partial charge in [0.2, 0.25) is 0 Å². The molecule has 166 valence electrons. The number of halogens is 1. The third-order valence-corrected chi connectivity index (χ3v) is 7.04. The van der Waals surface area contributed by atoms with Crippen LogP contribution in [0.1, 0.15) is 37.5 Å². The zero-order valence-electron chi connectivity index (χ0n) is 19.0. The number of thioether (sulfide) groups is 1. The van der Waals surface area contributed by atoms with Gasteiger partial charge in [0.1, 0.15) is 5.75 Å². The van der Waals surface area contributed by atoms with Crippen molar-refractivity contribution in [2.75, 3.05) is 19.1 Å². The molecule has 4 rings (SSSR count). The van der Waals surface area contributed by atoms with E-state index in [0.29, 0.717) is 15.1 Å². The van der Waals surface area contributed by atoms with Gasteiger partial charge in [-0.3, -0.25) is 4.79 Å². The fraction of sp³-hybridized carbons (Fsp3) is 0.280. The molecular formula is C25H26ClN3O2S. The van der Waals surface area contributed by atoms with E-state index in [4.69, 9.17) is 16.3 Å². The number of nitrogens with one attached hydrogen (secondary N) is 1. The predicted octanol–water partition coefficient (Wildman–Crippen LogP) is 6.18. The summed E-state index contributed by atoms with van der Waals surface area (Å²) in [5.41, 5.74) is 5.92. The number of nitrogens with zero attached hydrogens (tertiary/aromatic N) is 2. The van der Waals surface area contributed by atoms with Gasteiger partial charge in [0.25, 0.3) is 5.91 Å². The van der Waals surface area contributed by atoms with Crippen molar-refractivity contribution in [3.8, 4) is 5.75 Å². The molecule has 2 aliphatic rings. The minimum absolute atomic E-state index is 0.0902. The molecule has 1 fully saturated rings. The Morgan fingerprint density at radius 1 is 1.22 bits per heavy atom. The van der Waals surface area contributed by atoms with Crippen molar-refractivity contribution < 1.29 is 9.53 Å².